The molecule has 116 valence electrons. The molecule has 2 N–H and O–H groups in total. The van der Waals surface area contributed by atoms with Gasteiger partial charge in [0.05, 0.1) is 12.2 Å². The topological polar surface area (TPSA) is 43.7 Å². The minimum absolute atomic E-state index is 0.0801. The van der Waals surface area contributed by atoms with E-state index >= 15 is 0 Å². The number of nitrogens with zero attached hydrogens (tertiary/aromatic N) is 1. The van der Waals surface area contributed by atoms with E-state index in [1.807, 2.05) is 0 Å². The minimum Gasteiger partial charge on any atom is -0.393 e. The largest absolute Gasteiger partial charge is 0.393 e. The third-order valence-electron chi connectivity index (χ3n) is 6.23. The average Bonchev–Trinajstić information content (AvgIpc) is 2.64. The van der Waals surface area contributed by atoms with Gasteiger partial charge in [-0.2, -0.15) is 0 Å². The molecular weight excluding hydrogens is 250 g/mol. The van der Waals surface area contributed by atoms with Crippen molar-refractivity contribution in [2.24, 2.45) is 17.8 Å². The maximum Gasteiger partial charge on any atom is 0.0580 e. The van der Waals surface area contributed by atoms with Gasteiger partial charge >= 0.3 is 0 Å². The highest BCUT2D eigenvalue weighted by Gasteiger charge is 2.42. The van der Waals surface area contributed by atoms with Gasteiger partial charge in [0, 0.05) is 18.6 Å². The van der Waals surface area contributed by atoms with Crippen molar-refractivity contribution in [2.75, 3.05) is 6.54 Å². The average molecular weight is 281 g/mol. The van der Waals surface area contributed by atoms with Crippen molar-refractivity contribution in [3.05, 3.63) is 0 Å². The first kappa shape index (κ1) is 14.8. The summed E-state index contributed by atoms with van der Waals surface area (Å²) in [6.45, 7) is 5.70. The summed E-state index contributed by atoms with van der Waals surface area (Å²) in [6.07, 6.45) is 7.59. The van der Waals surface area contributed by atoms with Crippen molar-refractivity contribution in [1.82, 2.24) is 4.90 Å². The Labute approximate surface area is 123 Å². The molecule has 0 amide bonds. The number of aliphatic hydroxyl groups is 2. The van der Waals surface area contributed by atoms with Crippen LogP contribution in [0.4, 0.5) is 0 Å². The molecule has 3 aliphatic rings. The lowest BCUT2D eigenvalue weighted by atomic mass is 9.74. The molecular formula is C17H31NO2. The summed E-state index contributed by atoms with van der Waals surface area (Å²) in [5.74, 6) is 1.98. The van der Waals surface area contributed by atoms with Crippen LogP contribution in [0.1, 0.15) is 58.8 Å². The lowest BCUT2D eigenvalue weighted by molar-refractivity contribution is -0.0177. The smallest absolute Gasteiger partial charge is 0.0580 e. The van der Waals surface area contributed by atoms with Crippen LogP contribution >= 0.6 is 0 Å². The molecule has 1 saturated carbocycles. The van der Waals surface area contributed by atoms with Gasteiger partial charge < -0.3 is 10.2 Å². The van der Waals surface area contributed by atoms with Gasteiger partial charge in [0.1, 0.15) is 0 Å². The lowest BCUT2D eigenvalue weighted by Gasteiger charge is -2.43. The molecule has 0 aromatic carbocycles. The van der Waals surface area contributed by atoms with Gasteiger partial charge in [-0.3, -0.25) is 4.90 Å². The van der Waals surface area contributed by atoms with Crippen molar-refractivity contribution in [3.63, 3.8) is 0 Å². The number of hydrogen-bond acceptors (Lipinski definition) is 3. The molecule has 20 heavy (non-hydrogen) atoms. The first-order valence-corrected chi connectivity index (χ1v) is 8.66. The highest BCUT2D eigenvalue weighted by Crippen LogP contribution is 2.40. The summed E-state index contributed by atoms with van der Waals surface area (Å²) in [6, 6.07) is 1.16. The van der Waals surface area contributed by atoms with Crippen LogP contribution in [0.5, 0.6) is 0 Å². The maximum atomic E-state index is 10.4. The Hall–Kier alpha value is -0.120. The van der Waals surface area contributed by atoms with Crippen molar-refractivity contribution < 1.29 is 10.2 Å². The van der Waals surface area contributed by atoms with Crippen molar-refractivity contribution >= 4 is 0 Å². The van der Waals surface area contributed by atoms with Crippen LogP contribution in [0.2, 0.25) is 0 Å². The standard InChI is InChI=1S/C17H31NO2/c1-11(2)12-3-6-17(20)13(7-12)10-18-14-4-5-15(18)9-16(19)8-14/h11-17,19-20H,3-10H2,1-2H3. The summed E-state index contributed by atoms with van der Waals surface area (Å²) in [5.41, 5.74) is 0. The second-order valence-corrected chi connectivity index (χ2v) is 7.85. The molecule has 2 saturated heterocycles. The van der Waals surface area contributed by atoms with E-state index < -0.39 is 0 Å². The predicted molar refractivity (Wildman–Crippen MR) is 80.4 cm³/mol. The quantitative estimate of drug-likeness (QED) is 0.835. The van der Waals surface area contributed by atoms with Crippen LogP contribution in [-0.4, -0.2) is 45.9 Å². The molecule has 0 aromatic heterocycles. The molecule has 1 aliphatic carbocycles. The van der Waals surface area contributed by atoms with Gasteiger partial charge in [-0.15, -0.1) is 0 Å². The SMILES string of the molecule is CC(C)C1CCC(O)C(CN2C3CCC2CC(O)C3)C1. The summed E-state index contributed by atoms with van der Waals surface area (Å²) in [4.78, 5) is 2.63. The summed E-state index contributed by atoms with van der Waals surface area (Å²) in [7, 11) is 0. The Balaban J connectivity index is 1.62. The molecule has 3 heteroatoms. The van der Waals surface area contributed by atoms with E-state index in [2.05, 4.69) is 18.7 Å². The van der Waals surface area contributed by atoms with Gasteiger partial charge in [0.25, 0.3) is 0 Å². The first-order chi connectivity index (χ1) is 9.54. The van der Waals surface area contributed by atoms with Gasteiger partial charge in [0.15, 0.2) is 0 Å². The van der Waals surface area contributed by atoms with Crippen LogP contribution in [0.25, 0.3) is 0 Å². The molecule has 5 atom stereocenters. The van der Waals surface area contributed by atoms with Gasteiger partial charge in [-0.1, -0.05) is 13.8 Å². The van der Waals surface area contributed by atoms with E-state index in [1.54, 1.807) is 0 Å². The summed E-state index contributed by atoms with van der Waals surface area (Å²) >= 11 is 0. The van der Waals surface area contributed by atoms with Crippen molar-refractivity contribution in [1.29, 1.82) is 0 Å². The van der Waals surface area contributed by atoms with Crippen LogP contribution < -0.4 is 0 Å². The molecule has 2 heterocycles. The van der Waals surface area contributed by atoms with E-state index in [-0.39, 0.29) is 12.2 Å². The highest BCUT2D eigenvalue weighted by atomic mass is 16.3. The summed E-state index contributed by atoms with van der Waals surface area (Å²) < 4.78 is 0. The molecule has 3 nitrogen and oxygen atoms in total. The minimum atomic E-state index is -0.101. The third-order valence-corrected chi connectivity index (χ3v) is 6.23. The number of hydrogen-bond donors (Lipinski definition) is 2. The van der Waals surface area contributed by atoms with Crippen molar-refractivity contribution in [3.8, 4) is 0 Å². The lowest BCUT2D eigenvalue weighted by Crippen LogP contribution is -2.49. The van der Waals surface area contributed by atoms with E-state index in [1.165, 1.54) is 25.7 Å². The van der Waals surface area contributed by atoms with Gasteiger partial charge in [-0.05, 0) is 62.7 Å². The van der Waals surface area contributed by atoms with E-state index in [4.69, 9.17) is 0 Å². The van der Waals surface area contributed by atoms with Crippen molar-refractivity contribution in [2.45, 2.75) is 83.1 Å². The van der Waals surface area contributed by atoms with Gasteiger partial charge in [0.2, 0.25) is 0 Å². The predicted octanol–water partition coefficient (Wildman–Crippen LogP) is 2.41. The highest BCUT2D eigenvalue weighted by molar-refractivity contribution is 4.97. The fraction of sp³-hybridized carbons (Fsp3) is 1.00. The molecule has 0 spiro atoms. The monoisotopic (exact) mass is 281 g/mol. The van der Waals surface area contributed by atoms with Crippen LogP contribution in [-0.2, 0) is 0 Å². The second-order valence-electron chi connectivity index (χ2n) is 7.85. The second kappa shape index (κ2) is 5.94. The molecule has 5 unspecified atom stereocenters. The van der Waals surface area contributed by atoms with Gasteiger partial charge in [-0.25, -0.2) is 0 Å². The normalized spacial score (nSPS) is 46.0. The Morgan fingerprint density at radius 1 is 0.950 bits per heavy atom. The molecule has 2 aliphatic heterocycles. The zero-order chi connectivity index (χ0) is 14.3. The molecule has 3 rings (SSSR count). The van der Waals surface area contributed by atoms with Crippen LogP contribution in [0.3, 0.4) is 0 Å². The fourth-order valence-electron chi connectivity index (χ4n) is 4.90. The molecule has 0 aromatic rings. The zero-order valence-electron chi connectivity index (χ0n) is 13.0. The van der Waals surface area contributed by atoms with E-state index in [9.17, 15) is 10.2 Å². The number of aliphatic hydroxyl groups excluding tert-OH is 2. The van der Waals surface area contributed by atoms with E-state index in [0.29, 0.717) is 18.0 Å². The maximum absolute atomic E-state index is 10.4. The zero-order valence-corrected chi connectivity index (χ0v) is 13.0. The molecule has 2 bridgehead atoms. The molecule has 0 radical (unpaired) electrons. The van der Waals surface area contributed by atoms with Crippen LogP contribution in [0, 0.1) is 17.8 Å². The number of piperidine rings is 1. The Morgan fingerprint density at radius 3 is 2.20 bits per heavy atom. The Morgan fingerprint density at radius 2 is 1.60 bits per heavy atom. The Bertz CT molecular complexity index is 319. The van der Waals surface area contributed by atoms with Crippen LogP contribution in [0.15, 0.2) is 0 Å². The fourth-order valence-corrected chi connectivity index (χ4v) is 4.90. The number of rotatable bonds is 3. The van der Waals surface area contributed by atoms with E-state index in [0.717, 1.165) is 37.6 Å². The third kappa shape index (κ3) is 2.90. The molecule has 3 fully saturated rings. The Kier molecular flexibility index (Phi) is 4.40. The summed E-state index contributed by atoms with van der Waals surface area (Å²) in [5, 5.41) is 20.3. The number of fused-ring (bicyclic) bond motifs is 2. The first-order valence-electron chi connectivity index (χ1n) is 8.66.